The topological polar surface area (TPSA) is 84.2 Å². The number of thioether (sulfide) groups is 1. The van der Waals surface area contributed by atoms with E-state index in [4.69, 9.17) is 5.84 Å². The van der Waals surface area contributed by atoms with Gasteiger partial charge in [-0.15, -0.1) is 11.8 Å². The average molecular weight is 281 g/mol. The maximum atomic E-state index is 11.6. The maximum Gasteiger partial charge on any atom is 0.247 e. The number of hydrazine groups is 1. The Bertz CT molecular complexity index is 434. The van der Waals surface area contributed by atoms with E-state index in [9.17, 15) is 9.59 Å². The van der Waals surface area contributed by atoms with Gasteiger partial charge in [0, 0.05) is 17.5 Å². The number of nitrogens with one attached hydrogen (secondary N) is 2. The fraction of sp³-hybridized carbons (Fsp3) is 0.385. The molecule has 0 radical (unpaired) electrons. The molecule has 1 atom stereocenters. The van der Waals surface area contributed by atoms with Crippen LogP contribution in [0.1, 0.15) is 26.7 Å². The van der Waals surface area contributed by atoms with Gasteiger partial charge in [0.25, 0.3) is 0 Å². The van der Waals surface area contributed by atoms with Crippen molar-refractivity contribution in [1.82, 2.24) is 5.43 Å². The summed E-state index contributed by atoms with van der Waals surface area (Å²) in [6.07, 6.45) is 1.68. The highest BCUT2D eigenvalue weighted by molar-refractivity contribution is 8.00. The zero-order chi connectivity index (χ0) is 14.3. The Kier molecular flexibility index (Phi) is 6.38. The van der Waals surface area contributed by atoms with Gasteiger partial charge >= 0.3 is 0 Å². The Morgan fingerprint density at radius 1 is 1.32 bits per heavy atom. The summed E-state index contributed by atoms with van der Waals surface area (Å²) in [4.78, 5) is 23.5. The average Bonchev–Trinajstić information content (AvgIpc) is 2.39. The van der Waals surface area contributed by atoms with Crippen molar-refractivity contribution in [1.29, 1.82) is 0 Å². The second-order valence-corrected chi connectivity index (χ2v) is 5.39. The summed E-state index contributed by atoms with van der Waals surface area (Å²) in [6.45, 7) is 3.49. The monoisotopic (exact) mass is 281 g/mol. The first-order valence-corrected chi connectivity index (χ1v) is 6.99. The van der Waals surface area contributed by atoms with Gasteiger partial charge in [0.15, 0.2) is 0 Å². The number of benzene rings is 1. The number of carbonyl (C=O) groups excluding carboxylic acids is 2. The normalized spacial score (nSPS) is 11.7. The van der Waals surface area contributed by atoms with Gasteiger partial charge in [-0.05, 0) is 30.7 Å². The molecule has 5 nitrogen and oxygen atoms in total. The molecule has 0 heterocycles. The van der Waals surface area contributed by atoms with Gasteiger partial charge in [0.1, 0.15) is 0 Å². The van der Waals surface area contributed by atoms with Gasteiger partial charge in [-0.2, -0.15) is 0 Å². The number of nitrogens with two attached hydrogens (primary N) is 1. The Hall–Kier alpha value is -1.53. The summed E-state index contributed by atoms with van der Waals surface area (Å²) >= 11 is 1.47. The lowest BCUT2D eigenvalue weighted by Gasteiger charge is -2.14. The second-order valence-electron chi connectivity index (χ2n) is 4.11. The molecule has 0 fully saturated rings. The van der Waals surface area contributed by atoms with Crippen LogP contribution in [-0.4, -0.2) is 17.1 Å². The summed E-state index contributed by atoms with van der Waals surface area (Å²) in [6, 6.07) is 7.38. The predicted molar refractivity (Wildman–Crippen MR) is 77.6 cm³/mol. The van der Waals surface area contributed by atoms with Crippen molar-refractivity contribution in [3.05, 3.63) is 24.3 Å². The maximum absolute atomic E-state index is 11.6. The molecular weight excluding hydrogens is 262 g/mol. The Morgan fingerprint density at radius 3 is 2.42 bits per heavy atom. The first-order valence-electron chi connectivity index (χ1n) is 6.11. The van der Waals surface area contributed by atoms with Crippen molar-refractivity contribution in [2.45, 2.75) is 36.8 Å². The molecule has 0 aromatic heterocycles. The van der Waals surface area contributed by atoms with Crippen LogP contribution in [0.3, 0.4) is 0 Å². The van der Waals surface area contributed by atoms with Crippen molar-refractivity contribution in [2.24, 2.45) is 5.84 Å². The fourth-order valence-electron chi connectivity index (χ4n) is 1.58. The lowest BCUT2D eigenvalue weighted by molar-refractivity contribution is -0.120. The number of hydrogen-bond acceptors (Lipinski definition) is 4. The van der Waals surface area contributed by atoms with E-state index in [-0.39, 0.29) is 17.1 Å². The number of amides is 2. The highest BCUT2D eigenvalue weighted by Crippen LogP contribution is 2.27. The number of rotatable bonds is 6. The minimum atomic E-state index is -0.193. The number of anilines is 1. The van der Waals surface area contributed by atoms with Crippen molar-refractivity contribution in [3.8, 4) is 0 Å². The van der Waals surface area contributed by atoms with Crippen molar-refractivity contribution < 1.29 is 9.59 Å². The number of carbonyl (C=O) groups is 2. The van der Waals surface area contributed by atoms with Crippen LogP contribution in [0, 0.1) is 0 Å². The predicted octanol–water partition coefficient (Wildman–Crippen LogP) is 1.90. The molecule has 104 valence electrons. The van der Waals surface area contributed by atoms with E-state index >= 15 is 0 Å². The highest BCUT2D eigenvalue weighted by Gasteiger charge is 2.17. The van der Waals surface area contributed by atoms with E-state index in [1.165, 1.54) is 18.7 Å². The third-order valence-electron chi connectivity index (χ3n) is 2.44. The molecule has 2 amide bonds. The third kappa shape index (κ3) is 5.32. The van der Waals surface area contributed by atoms with Gasteiger partial charge in [0.05, 0.1) is 5.25 Å². The first kappa shape index (κ1) is 15.5. The molecule has 0 aliphatic carbocycles. The van der Waals surface area contributed by atoms with Crippen molar-refractivity contribution >= 4 is 29.3 Å². The molecule has 1 aromatic rings. The lowest BCUT2D eigenvalue weighted by atomic mass is 10.2. The van der Waals surface area contributed by atoms with Crippen LogP contribution in [-0.2, 0) is 9.59 Å². The molecule has 0 aliphatic heterocycles. The van der Waals surface area contributed by atoms with Crippen LogP contribution in [0.4, 0.5) is 5.69 Å². The zero-order valence-electron chi connectivity index (χ0n) is 11.1. The summed E-state index contributed by atoms with van der Waals surface area (Å²) < 4.78 is 0. The molecule has 4 N–H and O–H groups in total. The van der Waals surface area contributed by atoms with E-state index < -0.39 is 0 Å². The second kappa shape index (κ2) is 7.81. The molecule has 0 bridgehead atoms. The van der Waals surface area contributed by atoms with Gasteiger partial charge in [-0.25, -0.2) is 5.84 Å². The van der Waals surface area contributed by atoms with Crippen LogP contribution in [0.2, 0.25) is 0 Å². The van der Waals surface area contributed by atoms with E-state index in [0.717, 1.165) is 23.4 Å². The molecular formula is C13H19N3O2S. The fourth-order valence-corrected chi connectivity index (χ4v) is 2.73. The summed E-state index contributed by atoms with van der Waals surface area (Å²) in [7, 11) is 0. The molecule has 6 heteroatoms. The van der Waals surface area contributed by atoms with Gasteiger partial charge in [-0.3, -0.25) is 15.0 Å². The molecule has 1 aromatic carbocycles. The highest BCUT2D eigenvalue weighted by atomic mass is 32.2. The molecule has 0 saturated carbocycles. The standard InChI is InChI=1S/C13H19N3O2S/c1-3-4-12(13(18)16-14)19-11-7-5-10(6-8-11)15-9(2)17/h5-8,12H,3-4,14H2,1-2H3,(H,15,17)(H,16,18). The quantitative estimate of drug-likeness (QED) is 0.322. The van der Waals surface area contributed by atoms with Crippen molar-refractivity contribution in [2.75, 3.05) is 5.32 Å². The van der Waals surface area contributed by atoms with Crippen LogP contribution >= 0.6 is 11.8 Å². The Labute approximate surface area is 117 Å². The molecule has 19 heavy (non-hydrogen) atoms. The van der Waals surface area contributed by atoms with Crippen LogP contribution in [0.25, 0.3) is 0 Å². The molecule has 0 spiro atoms. The summed E-state index contributed by atoms with van der Waals surface area (Å²) in [5, 5.41) is 2.50. The summed E-state index contributed by atoms with van der Waals surface area (Å²) in [5.74, 6) is 4.90. The number of hydrogen-bond donors (Lipinski definition) is 3. The SMILES string of the molecule is CCCC(Sc1ccc(NC(C)=O)cc1)C(=O)NN. The largest absolute Gasteiger partial charge is 0.326 e. The van der Waals surface area contributed by atoms with Crippen molar-refractivity contribution in [3.63, 3.8) is 0 Å². The first-order chi connectivity index (χ1) is 9.06. The Balaban J connectivity index is 2.69. The van der Waals surface area contributed by atoms with Crippen LogP contribution < -0.4 is 16.6 Å². The van der Waals surface area contributed by atoms with Gasteiger partial charge in [0.2, 0.25) is 11.8 Å². The smallest absolute Gasteiger partial charge is 0.247 e. The van der Waals surface area contributed by atoms with E-state index in [0.29, 0.717) is 0 Å². The third-order valence-corrected chi connectivity index (χ3v) is 3.72. The van der Waals surface area contributed by atoms with Crippen LogP contribution in [0.5, 0.6) is 0 Å². The lowest BCUT2D eigenvalue weighted by Crippen LogP contribution is -2.37. The molecule has 0 saturated heterocycles. The zero-order valence-corrected chi connectivity index (χ0v) is 11.9. The minimum Gasteiger partial charge on any atom is -0.326 e. The minimum absolute atomic E-state index is 0.105. The van der Waals surface area contributed by atoms with E-state index in [1.807, 2.05) is 31.2 Å². The van der Waals surface area contributed by atoms with Crippen LogP contribution in [0.15, 0.2) is 29.2 Å². The van der Waals surface area contributed by atoms with Gasteiger partial charge in [-0.1, -0.05) is 13.3 Å². The molecule has 0 aliphatic rings. The van der Waals surface area contributed by atoms with E-state index in [2.05, 4.69) is 10.7 Å². The molecule has 1 unspecified atom stereocenters. The van der Waals surface area contributed by atoms with E-state index in [1.54, 1.807) is 0 Å². The molecule has 1 rings (SSSR count). The summed E-state index contributed by atoms with van der Waals surface area (Å²) in [5.41, 5.74) is 2.93. The Morgan fingerprint density at radius 2 is 1.95 bits per heavy atom. The van der Waals surface area contributed by atoms with Gasteiger partial charge < -0.3 is 5.32 Å².